The lowest BCUT2D eigenvalue weighted by atomic mass is 10.3. The van der Waals surface area contributed by atoms with E-state index >= 15 is 0 Å². The van der Waals surface area contributed by atoms with E-state index in [-0.39, 0.29) is 5.52 Å². The maximum absolute atomic E-state index is 12.6. The maximum atomic E-state index is 12.6. The predicted octanol–water partition coefficient (Wildman–Crippen LogP) is 1.93. The maximum Gasteiger partial charge on any atom is 0.435 e. The van der Waals surface area contributed by atoms with Gasteiger partial charge in [0.05, 0.1) is 0 Å². The summed E-state index contributed by atoms with van der Waals surface area (Å²) in [5.74, 6) is 1.26. The van der Waals surface area contributed by atoms with Crippen LogP contribution < -0.4 is 5.32 Å². The second kappa shape index (κ2) is 5.78. The Morgan fingerprint density at radius 2 is 2.20 bits per heavy atom. The number of aromatic nitrogens is 3. The summed E-state index contributed by atoms with van der Waals surface area (Å²) in [5, 5.41) is 6.34. The molecule has 110 valence electrons. The van der Waals surface area contributed by atoms with E-state index in [1.54, 1.807) is 0 Å². The fraction of sp³-hybridized carbons (Fsp3) is 0.455. The Morgan fingerprint density at radius 1 is 1.45 bits per heavy atom. The van der Waals surface area contributed by atoms with Crippen LogP contribution in [0.3, 0.4) is 0 Å². The highest BCUT2D eigenvalue weighted by atomic mass is 32.2. The third-order valence-electron chi connectivity index (χ3n) is 2.62. The summed E-state index contributed by atoms with van der Waals surface area (Å²) in [6.45, 7) is 2.18. The lowest BCUT2D eigenvalue weighted by Crippen LogP contribution is -2.13. The van der Waals surface area contributed by atoms with Gasteiger partial charge >= 0.3 is 6.18 Å². The zero-order valence-corrected chi connectivity index (χ0v) is 11.5. The minimum atomic E-state index is -4.49. The van der Waals surface area contributed by atoms with Gasteiger partial charge in [-0.2, -0.15) is 18.3 Å². The molecule has 9 heteroatoms. The second-order valence-corrected chi connectivity index (χ2v) is 5.86. The van der Waals surface area contributed by atoms with Gasteiger partial charge in [-0.05, 0) is 0 Å². The molecule has 0 bridgehead atoms. The Hall–Kier alpha value is -1.64. The number of rotatable bonds is 5. The Kier molecular flexibility index (Phi) is 4.26. The number of nitrogens with one attached hydrogen (secondary N) is 1. The van der Waals surface area contributed by atoms with Crippen molar-refractivity contribution in [2.75, 3.05) is 23.4 Å². The molecule has 1 atom stereocenters. The monoisotopic (exact) mass is 306 g/mol. The first-order chi connectivity index (χ1) is 9.41. The first kappa shape index (κ1) is 14.8. The summed E-state index contributed by atoms with van der Waals surface area (Å²) >= 11 is 0. The van der Waals surface area contributed by atoms with Gasteiger partial charge in [0.25, 0.3) is 0 Å². The first-order valence-corrected chi connectivity index (χ1v) is 7.41. The van der Waals surface area contributed by atoms with Crippen LogP contribution in [-0.4, -0.2) is 36.9 Å². The van der Waals surface area contributed by atoms with Crippen molar-refractivity contribution >= 4 is 22.1 Å². The van der Waals surface area contributed by atoms with Gasteiger partial charge in [-0.3, -0.25) is 4.21 Å². The van der Waals surface area contributed by atoms with Crippen molar-refractivity contribution in [1.29, 1.82) is 0 Å². The van der Waals surface area contributed by atoms with E-state index in [0.29, 0.717) is 23.9 Å². The minimum absolute atomic E-state index is 0.238. The average Bonchev–Trinajstić information content (AvgIpc) is 2.83. The van der Waals surface area contributed by atoms with Gasteiger partial charge in [-0.15, -0.1) is 0 Å². The van der Waals surface area contributed by atoms with Crippen molar-refractivity contribution in [2.45, 2.75) is 13.1 Å². The van der Waals surface area contributed by atoms with Gasteiger partial charge < -0.3 is 5.32 Å². The normalized spacial score (nSPS) is 13.6. The molecule has 5 nitrogen and oxygen atoms in total. The quantitative estimate of drug-likeness (QED) is 0.917. The molecule has 0 aliphatic rings. The molecular weight excluding hydrogens is 293 g/mol. The minimum Gasteiger partial charge on any atom is -0.367 e. The molecule has 2 aromatic heterocycles. The number of fused-ring (bicyclic) bond motifs is 1. The number of anilines is 1. The lowest BCUT2D eigenvalue weighted by Gasteiger charge is -2.05. The fourth-order valence-electron chi connectivity index (χ4n) is 1.62. The van der Waals surface area contributed by atoms with E-state index in [1.165, 1.54) is 12.4 Å². The van der Waals surface area contributed by atoms with E-state index in [2.05, 4.69) is 15.4 Å². The summed E-state index contributed by atoms with van der Waals surface area (Å²) in [6, 6.07) is 0.937. The van der Waals surface area contributed by atoms with Crippen molar-refractivity contribution in [3.63, 3.8) is 0 Å². The third kappa shape index (κ3) is 3.27. The Morgan fingerprint density at radius 3 is 2.85 bits per heavy atom. The van der Waals surface area contributed by atoms with Crippen molar-refractivity contribution < 1.29 is 17.4 Å². The van der Waals surface area contributed by atoms with E-state index in [1.807, 2.05) is 6.92 Å². The highest BCUT2D eigenvalue weighted by Gasteiger charge is 2.34. The molecule has 0 aromatic carbocycles. The van der Waals surface area contributed by atoms with E-state index in [4.69, 9.17) is 0 Å². The average molecular weight is 306 g/mol. The van der Waals surface area contributed by atoms with Crippen molar-refractivity contribution in [3.05, 3.63) is 24.2 Å². The Labute approximate surface area is 115 Å². The summed E-state index contributed by atoms with van der Waals surface area (Å²) < 4.78 is 50.2. The molecule has 2 heterocycles. The van der Waals surface area contributed by atoms with Crippen LogP contribution in [0.5, 0.6) is 0 Å². The number of hydrogen-bond acceptors (Lipinski definition) is 4. The van der Waals surface area contributed by atoms with Crippen molar-refractivity contribution in [3.8, 4) is 0 Å². The van der Waals surface area contributed by atoms with Crippen LogP contribution in [0.15, 0.2) is 18.5 Å². The molecule has 1 N–H and O–H groups in total. The molecule has 0 radical (unpaired) electrons. The Balaban J connectivity index is 2.21. The highest BCUT2D eigenvalue weighted by Crippen LogP contribution is 2.29. The van der Waals surface area contributed by atoms with Gasteiger partial charge in [0.15, 0.2) is 11.5 Å². The predicted molar refractivity (Wildman–Crippen MR) is 70.0 cm³/mol. The number of halogens is 3. The molecule has 0 amide bonds. The largest absolute Gasteiger partial charge is 0.435 e. The second-order valence-electron chi connectivity index (χ2n) is 3.99. The molecule has 2 aromatic rings. The number of hydrogen-bond donors (Lipinski definition) is 1. The van der Waals surface area contributed by atoms with E-state index in [9.17, 15) is 17.4 Å². The number of nitrogens with zero attached hydrogens (tertiary/aromatic N) is 3. The van der Waals surface area contributed by atoms with Gasteiger partial charge in [-0.25, -0.2) is 9.50 Å². The summed E-state index contributed by atoms with van der Waals surface area (Å²) in [5.41, 5.74) is -0.729. The fourth-order valence-corrected chi connectivity index (χ4v) is 2.24. The zero-order valence-electron chi connectivity index (χ0n) is 10.6. The van der Waals surface area contributed by atoms with Crippen molar-refractivity contribution in [2.24, 2.45) is 0 Å². The molecule has 0 saturated carbocycles. The highest BCUT2D eigenvalue weighted by molar-refractivity contribution is 7.84. The molecule has 1 unspecified atom stereocenters. The summed E-state index contributed by atoms with van der Waals surface area (Å²) in [7, 11) is -0.936. The molecule has 0 spiro atoms. The topological polar surface area (TPSA) is 59.3 Å². The lowest BCUT2D eigenvalue weighted by molar-refractivity contribution is -0.141. The van der Waals surface area contributed by atoms with Crippen molar-refractivity contribution in [1.82, 2.24) is 14.6 Å². The smallest absolute Gasteiger partial charge is 0.367 e. The van der Waals surface area contributed by atoms with Crippen LogP contribution in [0.25, 0.3) is 5.52 Å². The first-order valence-electron chi connectivity index (χ1n) is 5.92. The van der Waals surface area contributed by atoms with Crippen LogP contribution >= 0.6 is 0 Å². The molecule has 0 fully saturated rings. The summed E-state index contributed by atoms with van der Waals surface area (Å²) in [4.78, 5) is 3.99. The standard InChI is InChI=1S/C11H13F3N4OS/c1-2-20(19)6-4-16-10-8-7-9(11(12,13)14)17-18(8)5-3-15-10/h3,5,7H,2,4,6H2,1H3,(H,15,16). The Bertz CT molecular complexity index is 626. The molecule has 20 heavy (non-hydrogen) atoms. The van der Waals surface area contributed by atoms with Crippen LogP contribution in [-0.2, 0) is 17.0 Å². The summed E-state index contributed by atoms with van der Waals surface area (Å²) in [6.07, 6.45) is -1.79. The number of alkyl halides is 3. The van der Waals surface area contributed by atoms with Gasteiger partial charge in [0.1, 0.15) is 5.52 Å². The van der Waals surface area contributed by atoms with Gasteiger partial charge in [-0.1, -0.05) is 6.92 Å². The van der Waals surface area contributed by atoms with Gasteiger partial charge in [0.2, 0.25) is 0 Å². The zero-order chi connectivity index (χ0) is 14.8. The van der Waals surface area contributed by atoms with E-state index in [0.717, 1.165) is 10.6 Å². The molecule has 0 saturated heterocycles. The van der Waals surface area contributed by atoms with E-state index < -0.39 is 22.7 Å². The van der Waals surface area contributed by atoms with Crippen LogP contribution in [0, 0.1) is 0 Å². The SMILES string of the molecule is CCS(=O)CCNc1nccn2nc(C(F)(F)F)cc12. The molecule has 2 rings (SSSR count). The van der Waals surface area contributed by atoms with Crippen LogP contribution in [0.4, 0.5) is 19.0 Å². The molecular formula is C11H13F3N4OS. The molecule has 0 aliphatic heterocycles. The van der Waals surface area contributed by atoms with Crippen LogP contribution in [0.1, 0.15) is 12.6 Å². The van der Waals surface area contributed by atoms with Gasteiger partial charge in [0, 0.05) is 47.3 Å². The van der Waals surface area contributed by atoms with Crippen LogP contribution in [0.2, 0.25) is 0 Å². The molecule has 0 aliphatic carbocycles. The third-order valence-corrected chi connectivity index (χ3v) is 3.93.